The largest absolute Gasteiger partial charge is 0.436 e. The molecule has 8 heteroatoms. The minimum absolute atomic E-state index is 0.0725. The van der Waals surface area contributed by atoms with E-state index in [0.717, 1.165) is 62.8 Å². The van der Waals surface area contributed by atoms with Gasteiger partial charge in [-0.15, -0.1) is 0 Å². The molecular weight excluding hydrogens is 368 g/mol. The van der Waals surface area contributed by atoms with Crippen LogP contribution in [0.5, 0.6) is 0 Å². The smallest absolute Gasteiger partial charge is 0.300 e. The second kappa shape index (κ2) is 6.55. The summed E-state index contributed by atoms with van der Waals surface area (Å²) in [6.07, 6.45) is 1.16. The number of nitrogens with zero attached hydrogens (tertiary/aromatic N) is 2. The molecule has 3 aliphatic rings. The first-order valence-corrected chi connectivity index (χ1v) is 10.6. The van der Waals surface area contributed by atoms with Crippen LogP contribution in [0, 0.1) is 11.2 Å². The predicted octanol–water partition coefficient (Wildman–Crippen LogP) is 3.72. The Morgan fingerprint density at radius 1 is 1.19 bits per heavy atom. The third kappa shape index (κ3) is 3.42. The lowest BCUT2D eigenvalue weighted by Crippen LogP contribution is -2.48. The Morgan fingerprint density at radius 2 is 1.88 bits per heavy atom. The van der Waals surface area contributed by atoms with Gasteiger partial charge in [0.2, 0.25) is 0 Å². The molecule has 26 heavy (non-hydrogen) atoms. The zero-order valence-electron chi connectivity index (χ0n) is 14.4. The van der Waals surface area contributed by atoms with Crippen molar-refractivity contribution in [2.45, 2.75) is 50.2 Å². The first kappa shape index (κ1) is 18.3. The summed E-state index contributed by atoms with van der Waals surface area (Å²) >= 11 is 0. The van der Waals surface area contributed by atoms with E-state index in [0.29, 0.717) is 11.6 Å². The van der Waals surface area contributed by atoms with Gasteiger partial charge in [-0.05, 0) is 56.2 Å². The van der Waals surface area contributed by atoms with E-state index in [2.05, 4.69) is 9.88 Å². The lowest BCUT2D eigenvalue weighted by molar-refractivity contribution is -0.143. The molecule has 3 heterocycles. The Morgan fingerprint density at radius 3 is 2.46 bits per heavy atom. The summed E-state index contributed by atoms with van der Waals surface area (Å²) in [5.41, 5.74) is -0.598. The number of rotatable bonds is 2. The molecule has 0 aromatic carbocycles. The van der Waals surface area contributed by atoms with Crippen LogP contribution >= 0.6 is 0 Å². The Hall–Kier alpha value is -1.02. The fourth-order valence-corrected chi connectivity index (χ4v) is 6.57. The maximum absolute atomic E-state index is 13.8. The predicted molar refractivity (Wildman–Crippen MR) is 90.7 cm³/mol. The average Bonchev–Trinajstić information content (AvgIpc) is 2.99. The van der Waals surface area contributed by atoms with Crippen molar-refractivity contribution in [1.82, 2.24) is 9.88 Å². The van der Waals surface area contributed by atoms with Crippen LogP contribution in [0.25, 0.3) is 0 Å². The maximum atomic E-state index is 13.8. The van der Waals surface area contributed by atoms with Gasteiger partial charge in [0.05, 0.1) is 0 Å². The minimum atomic E-state index is -4.75. The van der Waals surface area contributed by atoms with Crippen LogP contribution in [-0.4, -0.2) is 44.7 Å². The standard InChI is InChI=1S/C18H22F4N2OS/c19-15-7-13(8-23-16(15)18(20,21)22)12-1-3-14(4-2-12)24-6-5-17(9-24)10-26(25)11-17/h7-8,12,14H,1-6,9-11H2. The van der Waals surface area contributed by atoms with Gasteiger partial charge in [0.15, 0.2) is 11.5 Å². The molecule has 1 saturated carbocycles. The van der Waals surface area contributed by atoms with E-state index in [1.807, 2.05) is 0 Å². The summed E-state index contributed by atoms with van der Waals surface area (Å²) < 4.78 is 63.1. The number of hydrogen-bond acceptors (Lipinski definition) is 3. The van der Waals surface area contributed by atoms with Crippen LogP contribution < -0.4 is 0 Å². The van der Waals surface area contributed by atoms with Gasteiger partial charge in [-0.2, -0.15) is 13.2 Å². The number of aromatic nitrogens is 1. The Bertz CT molecular complexity index is 708. The molecule has 3 nitrogen and oxygen atoms in total. The second-order valence-corrected chi connectivity index (χ2v) is 9.51. The number of pyridine rings is 1. The Labute approximate surface area is 152 Å². The van der Waals surface area contributed by atoms with E-state index in [1.54, 1.807) is 0 Å². The molecule has 0 atom stereocenters. The van der Waals surface area contributed by atoms with E-state index in [9.17, 15) is 21.8 Å². The van der Waals surface area contributed by atoms with E-state index >= 15 is 0 Å². The molecule has 1 aliphatic carbocycles. The molecule has 0 bridgehead atoms. The van der Waals surface area contributed by atoms with E-state index < -0.39 is 28.5 Å². The second-order valence-electron chi connectivity index (χ2n) is 8.05. The van der Waals surface area contributed by atoms with Crippen molar-refractivity contribution in [3.63, 3.8) is 0 Å². The summed E-state index contributed by atoms with van der Waals surface area (Å²) in [5.74, 6) is 0.449. The number of likely N-dealkylation sites (tertiary alicyclic amines) is 1. The van der Waals surface area contributed by atoms with E-state index in [-0.39, 0.29) is 11.3 Å². The highest BCUT2D eigenvalue weighted by Crippen LogP contribution is 2.43. The molecule has 3 fully saturated rings. The molecule has 1 spiro atoms. The van der Waals surface area contributed by atoms with Gasteiger partial charge in [-0.3, -0.25) is 9.11 Å². The van der Waals surface area contributed by atoms with Gasteiger partial charge < -0.3 is 0 Å². The Kier molecular flexibility index (Phi) is 4.62. The molecule has 1 aromatic heterocycles. The van der Waals surface area contributed by atoms with Crippen molar-refractivity contribution in [2.75, 3.05) is 24.6 Å². The highest BCUT2D eigenvalue weighted by atomic mass is 32.2. The highest BCUT2D eigenvalue weighted by Gasteiger charge is 2.48. The summed E-state index contributed by atoms with van der Waals surface area (Å²) in [7, 11) is -0.632. The van der Waals surface area contributed by atoms with Crippen LogP contribution in [0.3, 0.4) is 0 Å². The van der Waals surface area contributed by atoms with Gasteiger partial charge in [0, 0.05) is 46.5 Å². The van der Waals surface area contributed by atoms with Crippen molar-refractivity contribution in [3.05, 3.63) is 29.3 Å². The lowest BCUT2D eigenvalue weighted by atomic mass is 9.81. The van der Waals surface area contributed by atoms with Crippen LogP contribution in [0.2, 0.25) is 0 Å². The van der Waals surface area contributed by atoms with Crippen molar-refractivity contribution in [1.29, 1.82) is 0 Å². The maximum Gasteiger partial charge on any atom is 0.436 e. The fraction of sp³-hybridized carbons (Fsp3) is 0.722. The van der Waals surface area contributed by atoms with Crippen LogP contribution in [0.4, 0.5) is 17.6 Å². The number of hydrogen-bond donors (Lipinski definition) is 0. The van der Waals surface area contributed by atoms with Crippen molar-refractivity contribution in [3.8, 4) is 0 Å². The van der Waals surface area contributed by atoms with Gasteiger partial charge >= 0.3 is 6.18 Å². The zero-order valence-corrected chi connectivity index (χ0v) is 15.2. The quantitative estimate of drug-likeness (QED) is 0.722. The molecule has 144 valence electrons. The van der Waals surface area contributed by atoms with Crippen molar-refractivity contribution < 1.29 is 21.8 Å². The average molecular weight is 390 g/mol. The van der Waals surface area contributed by atoms with Crippen LogP contribution in [0.15, 0.2) is 12.3 Å². The molecule has 0 amide bonds. The van der Waals surface area contributed by atoms with Crippen molar-refractivity contribution in [2.24, 2.45) is 5.41 Å². The first-order chi connectivity index (χ1) is 12.3. The molecule has 2 aliphatic heterocycles. The van der Waals surface area contributed by atoms with Gasteiger partial charge in [-0.1, -0.05) is 0 Å². The fourth-order valence-electron chi connectivity index (χ4n) is 4.82. The number of alkyl halides is 3. The first-order valence-electron chi connectivity index (χ1n) is 9.07. The lowest BCUT2D eigenvalue weighted by Gasteiger charge is -2.39. The number of halogens is 4. The third-order valence-corrected chi connectivity index (χ3v) is 8.09. The van der Waals surface area contributed by atoms with Crippen LogP contribution in [0.1, 0.15) is 49.3 Å². The molecule has 0 N–H and O–H groups in total. The molecule has 2 saturated heterocycles. The summed E-state index contributed by atoms with van der Waals surface area (Å²) in [5, 5.41) is 0. The monoisotopic (exact) mass is 390 g/mol. The minimum Gasteiger partial charge on any atom is -0.300 e. The van der Waals surface area contributed by atoms with Crippen molar-refractivity contribution >= 4 is 10.8 Å². The molecule has 0 radical (unpaired) electrons. The summed E-state index contributed by atoms with van der Waals surface area (Å²) in [6.45, 7) is 2.06. The topological polar surface area (TPSA) is 33.2 Å². The summed E-state index contributed by atoms with van der Waals surface area (Å²) in [6, 6.07) is 1.49. The van der Waals surface area contributed by atoms with Crippen LogP contribution in [-0.2, 0) is 17.0 Å². The van der Waals surface area contributed by atoms with Gasteiger partial charge in [0.25, 0.3) is 0 Å². The van der Waals surface area contributed by atoms with Gasteiger partial charge in [0.1, 0.15) is 0 Å². The van der Waals surface area contributed by atoms with Gasteiger partial charge in [-0.25, -0.2) is 9.37 Å². The molecule has 1 aromatic rings. The normalized spacial score (nSPS) is 35.6. The summed E-state index contributed by atoms with van der Waals surface area (Å²) in [4.78, 5) is 5.82. The van der Waals surface area contributed by atoms with E-state index in [1.165, 1.54) is 6.20 Å². The van der Waals surface area contributed by atoms with E-state index in [4.69, 9.17) is 0 Å². The molecular formula is C18H22F4N2OS. The Balaban J connectivity index is 1.35. The third-order valence-electron chi connectivity index (χ3n) is 6.22. The molecule has 0 unspecified atom stereocenters. The highest BCUT2D eigenvalue weighted by molar-refractivity contribution is 7.86. The zero-order chi connectivity index (χ0) is 18.5. The molecule has 4 rings (SSSR count). The SMILES string of the molecule is O=S1CC2(CCN(C3CCC(c4cnc(C(F)(F)F)c(F)c4)CC3)C2)C1.